The van der Waals surface area contributed by atoms with Crippen molar-refractivity contribution in [3.05, 3.63) is 85.1 Å². The lowest BCUT2D eigenvalue weighted by molar-refractivity contribution is -0.155. The fourth-order valence-electron chi connectivity index (χ4n) is 7.37. The van der Waals surface area contributed by atoms with Gasteiger partial charge in [0.05, 0.1) is 0 Å². The van der Waals surface area contributed by atoms with Crippen molar-refractivity contribution in [3.8, 4) is 0 Å². The van der Waals surface area contributed by atoms with E-state index in [-0.39, 0.29) is 25.2 Å². The van der Waals surface area contributed by atoms with Gasteiger partial charge < -0.3 is 14.2 Å². The molecule has 368 valence electrons. The molecule has 0 aromatic heterocycles. The summed E-state index contributed by atoms with van der Waals surface area (Å²) in [4.78, 5) is 25.2. The number of esters is 2. The lowest BCUT2D eigenvalue weighted by Gasteiger charge is -2.18. The maximum atomic E-state index is 12.6. The second-order valence-corrected chi connectivity index (χ2v) is 17.7. The molecule has 0 bridgehead atoms. The molecule has 64 heavy (non-hydrogen) atoms. The molecule has 0 N–H and O–H groups in total. The Morgan fingerprint density at radius 3 is 1.09 bits per heavy atom. The van der Waals surface area contributed by atoms with Crippen LogP contribution >= 0.6 is 0 Å². The number of hydrogen-bond donors (Lipinski definition) is 0. The van der Waals surface area contributed by atoms with Crippen LogP contribution in [-0.4, -0.2) is 37.9 Å². The Morgan fingerprint density at radius 1 is 0.344 bits per heavy atom. The highest BCUT2D eigenvalue weighted by Gasteiger charge is 2.16. The van der Waals surface area contributed by atoms with E-state index in [1.54, 1.807) is 0 Å². The second kappa shape index (κ2) is 54.4. The van der Waals surface area contributed by atoms with Gasteiger partial charge in [-0.2, -0.15) is 0 Å². The third-order valence-electron chi connectivity index (χ3n) is 11.5. The van der Waals surface area contributed by atoms with E-state index in [9.17, 15) is 9.59 Å². The number of allylic oxidation sites excluding steroid dienone is 14. The van der Waals surface area contributed by atoms with Crippen molar-refractivity contribution in [1.82, 2.24) is 0 Å². The molecule has 0 aliphatic heterocycles. The van der Waals surface area contributed by atoms with Crippen LogP contribution < -0.4 is 0 Å². The van der Waals surface area contributed by atoms with E-state index in [1.165, 1.54) is 128 Å². The van der Waals surface area contributed by atoms with Gasteiger partial charge in [-0.25, -0.2) is 0 Å². The zero-order chi connectivity index (χ0) is 46.3. The van der Waals surface area contributed by atoms with E-state index in [2.05, 4.69) is 106 Å². The van der Waals surface area contributed by atoms with Gasteiger partial charge in [-0.1, -0.05) is 234 Å². The average molecular weight is 891 g/mol. The summed E-state index contributed by atoms with van der Waals surface area (Å²) in [6.45, 7) is 7.53. The minimum absolute atomic E-state index is 0.121. The Labute approximate surface area is 397 Å². The molecule has 0 rings (SSSR count). The van der Waals surface area contributed by atoms with Crippen molar-refractivity contribution in [2.75, 3.05) is 19.8 Å². The van der Waals surface area contributed by atoms with E-state index in [0.717, 1.165) is 89.9 Å². The molecule has 0 radical (unpaired) electrons. The minimum Gasteiger partial charge on any atom is -0.463 e. The van der Waals surface area contributed by atoms with Crippen LogP contribution in [0.4, 0.5) is 0 Å². The van der Waals surface area contributed by atoms with Crippen LogP contribution in [0.1, 0.15) is 252 Å². The molecule has 0 amide bonds. The Balaban J connectivity index is 4.37. The van der Waals surface area contributed by atoms with Crippen LogP contribution in [0.15, 0.2) is 85.1 Å². The molecule has 0 saturated carbocycles. The topological polar surface area (TPSA) is 61.8 Å². The van der Waals surface area contributed by atoms with Crippen molar-refractivity contribution in [3.63, 3.8) is 0 Å². The van der Waals surface area contributed by atoms with Crippen molar-refractivity contribution in [2.45, 2.75) is 258 Å². The summed E-state index contributed by atoms with van der Waals surface area (Å²) >= 11 is 0. The lowest BCUT2D eigenvalue weighted by atomic mass is 10.0. The van der Waals surface area contributed by atoms with Gasteiger partial charge >= 0.3 is 11.9 Å². The molecule has 5 heteroatoms. The highest BCUT2D eigenvalue weighted by molar-refractivity contribution is 5.69. The number of unbranched alkanes of at least 4 members (excludes halogenated alkanes) is 24. The summed E-state index contributed by atoms with van der Waals surface area (Å²) < 4.78 is 17.4. The third-order valence-corrected chi connectivity index (χ3v) is 11.5. The van der Waals surface area contributed by atoms with Crippen LogP contribution in [0.5, 0.6) is 0 Å². The van der Waals surface area contributed by atoms with Crippen LogP contribution in [0, 0.1) is 0 Å². The van der Waals surface area contributed by atoms with Crippen molar-refractivity contribution >= 4 is 11.9 Å². The first-order chi connectivity index (χ1) is 31.6. The summed E-state index contributed by atoms with van der Waals surface area (Å²) in [5.41, 5.74) is 0. The summed E-state index contributed by atoms with van der Waals surface area (Å²) in [5.74, 6) is -0.412. The highest BCUT2D eigenvalue weighted by atomic mass is 16.6. The summed E-state index contributed by atoms with van der Waals surface area (Å²) in [5, 5.41) is 0. The number of carbonyl (C=O) groups is 2. The first kappa shape index (κ1) is 61.1. The molecule has 0 aromatic carbocycles. The van der Waals surface area contributed by atoms with Gasteiger partial charge in [0.15, 0.2) is 0 Å². The second-order valence-electron chi connectivity index (χ2n) is 17.7. The van der Waals surface area contributed by atoms with Crippen molar-refractivity contribution < 1.29 is 23.8 Å². The van der Waals surface area contributed by atoms with E-state index in [1.807, 2.05) is 0 Å². The Bertz CT molecular complexity index is 1190. The molecular weight excluding hydrogens is 789 g/mol. The molecule has 0 aromatic rings. The largest absolute Gasteiger partial charge is 0.463 e. The fraction of sp³-hybridized carbons (Fsp3) is 0.729. The van der Waals surface area contributed by atoms with Crippen LogP contribution in [-0.2, 0) is 23.8 Å². The zero-order valence-electron chi connectivity index (χ0n) is 42.3. The zero-order valence-corrected chi connectivity index (χ0v) is 42.3. The maximum Gasteiger partial charge on any atom is 0.305 e. The summed E-state index contributed by atoms with van der Waals surface area (Å²) in [6.07, 6.45) is 71.9. The molecule has 0 heterocycles. The van der Waals surface area contributed by atoms with Crippen molar-refractivity contribution in [1.29, 1.82) is 0 Å². The lowest BCUT2D eigenvalue weighted by Crippen LogP contribution is -2.29. The molecule has 0 spiro atoms. The number of rotatable bonds is 49. The van der Waals surface area contributed by atoms with E-state index < -0.39 is 6.10 Å². The SMILES string of the molecule is CC/C=C\C/C=C\C/C=C\C/C=C\C/C=C\CCCC(=O)OC[C@H](COC(=O)CCCCCCC/C=C\C/C=C\CCCCC)OCCCCCCCCCCCCCCCCCC. The summed E-state index contributed by atoms with van der Waals surface area (Å²) in [6, 6.07) is 0. The molecule has 0 aliphatic carbocycles. The molecule has 5 nitrogen and oxygen atoms in total. The monoisotopic (exact) mass is 891 g/mol. The molecule has 1 atom stereocenters. The maximum absolute atomic E-state index is 12.6. The Kier molecular flexibility index (Phi) is 51.9. The number of hydrogen-bond acceptors (Lipinski definition) is 5. The Hall–Kier alpha value is -2.92. The average Bonchev–Trinajstić information content (AvgIpc) is 3.30. The van der Waals surface area contributed by atoms with Gasteiger partial charge in [-0.05, 0) is 89.9 Å². The van der Waals surface area contributed by atoms with Gasteiger partial charge in [-0.3, -0.25) is 9.59 Å². The van der Waals surface area contributed by atoms with Crippen LogP contribution in [0.3, 0.4) is 0 Å². The first-order valence-corrected chi connectivity index (χ1v) is 27.1. The molecule has 0 unspecified atom stereocenters. The standard InChI is InChI=1S/C59H102O5/c1-4-7-10-13-16-19-22-25-28-30-32-35-38-41-44-47-50-53-59(61)64-56-57(62-54-51-48-45-42-39-36-33-29-26-23-20-17-14-11-8-5-2)55-63-58(60)52-49-46-43-40-37-34-31-27-24-21-18-15-12-9-6-3/h7,10,16,18-19,21,25,27-28,31-32,35,41,44,57H,4-6,8-9,11-15,17,20,22-24,26,29-30,33-34,36-40,42-43,45-56H2,1-3H3/b10-7-,19-16-,21-18-,28-25-,31-27-,35-32-,44-41-/t57-/m0/s1. The quantitative estimate of drug-likeness (QED) is 0.0346. The molecule has 0 aliphatic rings. The van der Waals surface area contributed by atoms with E-state index >= 15 is 0 Å². The van der Waals surface area contributed by atoms with Gasteiger partial charge in [-0.15, -0.1) is 0 Å². The third kappa shape index (κ3) is 51.7. The van der Waals surface area contributed by atoms with E-state index in [4.69, 9.17) is 14.2 Å². The van der Waals surface area contributed by atoms with Crippen molar-refractivity contribution in [2.24, 2.45) is 0 Å². The van der Waals surface area contributed by atoms with Gasteiger partial charge in [0.25, 0.3) is 0 Å². The minimum atomic E-state index is -0.431. The highest BCUT2D eigenvalue weighted by Crippen LogP contribution is 2.15. The predicted octanol–water partition coefficient (Wildman–Crippen LogP) is 18.5. The van der Waals surface area contributed by atoms with Crippen LogP contribution in [0.2, 0.25) is 0 Å². The normalized spacial score (nSPS) is 12.9. The molecular formula is C59H102O5. The van der Waals surface area contributed by atoms with Crippen LogP contribution in [0.25, 0.3) is 0 Å². The fourth-order valence-corrected chi connectivity index (χ4v) is 7.37. The van der Waals surface area contributed by atoms with E-state index in [0.29, 0.717) is 19.4 Å². The molecule has 0 fully saturated rings. The van der Waals surface area contributed by atoms with Gasteiger partial charge in [0, 0.05) is 19.4 Å². The summed E-state index contributed by atoms with van der Waals surface area (Å²) in [7, 11) is 0. The molecule has 0 saturated heterocycles. The smallest absolute Gasteiger partial charge is 0.305 e. The van der Waals surface area contributed by atoms with Gasteiger partial charge in [0.1, 0.15) is 19.3 Å². The Morgan fingerprint density at radius 2 is 0.656 bits per heavy atom. The number of carbonyl (C=O) groups excluding carboxylic acids is 2. The first-order valence-electron chi connectivity index (χ1n) is 27.1. The van der Waals surface area contributed by atoms with Gasteiger partial charge in [0.2, 0.25) is 0 Å². The predicted molar refractivity (Wildman–Crippen MR) is 279 cm³/mol. The number of ether oxygens (including phenoxy) is 3.